The number of hydrogen-bond acceptors (Lipinski definition) is 2. The van der Waals surface area contributed by atoms with Crippen LogP contribution in [0.2, 0.25) is 0 Å². The van der Waals surface area contributed by atoms with E-state index in [9.17, 15) is 0 Å². The van der Waals surface area contributed by atoms with Gasteiger partial charge in [-0.2, -0.15) is 0 Å². The molecule has 1 atom stereocenters. The van der Waals surface area contributed by atoms with Gasteiger partial charge in [0.1, 0.15) is 0 Å². The number of anilines is 1. The van der Waals surface area contributed by atoms with Crippen LogP contribution in [0.15, 0.2) is 29.3 Å². The normalized spacial score (nSPS) is 13.2. The van der Waals surface area contributed by atoms with Crippen LogP contribution in [0.1, 0.15) is 38.7 Å². The van der Waals surface area contributed by atoms with Gasteiger partial charge in [-0.25, -0.2) is 0 Å². The summed E-state index contributed by atoms with van der Waals surface area (Å²) in [6, 6.07) is 8.18. The zero-order chi connectivity index (χ0) is 14.8. The average Bonchev–Trinajstić information content (AvgIpc) is 2.45. The van der Waals surface area contributed by atoms with Crippen LogP contribution in [0.25, 0.3) is 0 Å². The Kier molecular flexibility index (Phi) is 7.73. The molecular formula is C16H27N3O. The van der Waals surface area contributed by atoms with Gasteiger partial charge in [-0.15, -0.1) is 0 Å². The van der Waals surface area contributed by atoms with Crippen LogP contribution in [0.3, 0.4) is 0 Å². The van der Waals surface area contributed by atoms with E-state index in [0.29, 0.717) is 18.4 Å². The van der Waals surface area contributed by atoms with Gasteiger partial charge in [0.2, 0.25) is 0 Å². The predicted octanol–water partition coefficient (Wildman–Crippen LogP) is 2.77. The topological polar surface area (TPSA) is 70.6 Å². The van der Waals surface area contributed by atoms with Crippen molar-refractivity contribution < 1.29 is 5.11 Å². The molecule has 0 saturated heterocycles. The molecule has 4 heteroatoms. The standard InChI is InChI=1S/C16H27N3O/c1-3-6-14(9-10-20)12-18-16(17)19-15-8-5-7-13(4-2)11-15/h5,7-8,11,14,20H,3-4,6,9-10,12H2,1-2H3,(H3,17,18,19). The van der Waals surface area contributed by atoms with Gasteiger partial charge in [-0.05, 0) is 42.9 Å². The van der Waals surface area contributed by atoms with E-state index in [1.54, 1.807) is 0 Å². The molecule has 0 radical (unpaired) electrons. The van der Waals surface area contributed by atoms with E-state index in [-0.39, 0.29) is 6.61 Å². The summed E-state index contributed by atoms with van der Waals surface area (Å²) in [6.45, 7) is 5.15. The molecule has 0 saturated carbocycles. The van der Waals surface area contributed by atoms with Gasteiger partial charge in [0.15, 0.2) is 5.96 Å². The predicted molar refractivity (Wildman–Crippen MR) is 86.0 cm³/mol. The molecule has 0 aliphatic heterocycles. The number of nitrogens with one attached hydrogen (secondary N) is 1. The van der Waals surface area contributed by atoms with Crippen molar-refractivity contribution in [2.75, 3.05) is 18.5 Å². The van der Waals surface area contributed by atoms with Gasteiger partial charge in [0.25, 0.3) is 0 Å². The van der Waals surface area contributed by atoms with E-state index in [2.05, 4.69) is 36.3 Å². The largest absolute Gasteiger partial charge is 0.396 e. The summed E-state index contributed by atoms with van der Waals surface area (Å²) in [5.74, 6) is 0.852. The fraction of sp³-hybridized carbons (Fsp3) is 0.562. The van der Waals surface area contributed by atoms with E-state index < -0.39 is 0 Å². The Labute approximate surface area is 122 Å². The van der Waals surface area contributed by atoms with Gasteiger partial charge >= 0.3 is 0 Å². The quantitative estimate of drug-likeness (QED) is 0.505. The number of benzene rings is 1. The van der Waals surface area contributed by atoms with Gasteiger partial charge < -0.3 is 16.2 Å². The lowest BCUT2D eigenvalue weighted by molar-refractivity contribution is 0.253. The lowest BCUT2D eigenvalue weighted by Crippen LogP contribution is -2.24. The van der Waals surface area contributed by atoms with Crippen molar-refractivity contribution in [3.8, 4) is 0 Å². The Bertz CT molecular complexity index is 412. The van der Waals surface area contributed by atoms with Gasteiger partial charge in [0.05, 0.1) is 0 Å². The maximum Gasteiger partial charge on any atom is 0.193 e. The molecule has 1 rings (SSSR count). The Morgan fingerprint density at radius 2 is 2.15 bits per heavy atom. The van der Waals surface area contributed by atoms with Gasteiger partial charge in [-0.3, -0.25) is 4.99 Å². The Balaban J connectivity index is 2.55. The zero-order valence-corrected chi connectivity index (χ0v) is 12.6. The van der Waals surface area contributed by atoms with Crippen LogP contribution in [0, 0.1) is 5.92 Å². The number of aliphatic hydroxyl groups excluding tert-OH is 1. The van der Waals surface area contributed by atoms with Gasteiger partial charge in [-0.1, -0.05) is 32.4 Å². The molecule has 0 heterocycles. The third kappa shape index (κ3) is 6.06. The first-order chi connectivity index (χ1) is 9.69. The number of aliphatic hydroxyl groups is 1. The first-order valence-corrected chi connectivity index (χ1v) is 7.46. The molecule has 0 aromatic heterocycles. The lowest BCUT2D eigenvalue weighted by Gasteiger charge is -2.13. The number of aliphatic imine (C=N–C) groups is 1. The highest BCUT2D eigenvalue weighted by Gasteiger charge is 2.06. The minimum atomic E-state index is 0.214. The van der Waals surface area contributed by atoms with Crippen molar-refractivity contribution in [1.82, 2.24) is 0 Å². The molecule has 4 N–H and O–H groups in total. The first kappa shape index (κ1) is 16.5. The molecule has 0 aliphatic carbocycles. The summed E-state index contributed by atoms with van der Waals surface area (Å²) >= 11 is 0. The molecular weight excluding hydrogens is 250 g/mol. The Morgan fingerprint density at radius 1 is 1.35 bits per heavy atom. The second-order valence-electron chi connectivity index (χ2n) is 5.07. The second kappa shape index (κ2) is 9.37. The number of nitrogens with two attached hydrogens (primary N) is 1. The van der Waals surface area contributed by atoms with E-state index in [1.165, 1.54) is 5.56 Å². The number of nitrogens with zero attached hydrogens (tertiary/aromatic N) is 1. The molecule has 0 aliphatic rings. The Morgan fingerprint density at radius 3 is 2.80 bits per heavy atom. The third-order valence-corrected chi connectivity index (χ3v) is 3.36. The number of hydrogen-bond donors (Lipinski definition) is 3. The highest BCUT2D eigenvalue weighted by atomic mass is 16.3. The van der Waals surface area contributed by atoms with E-state index in [4.69, 9.17) is 10.8 Å². The van der Waals surface area contributed by atoms with Crippen molar-refractivity contribution >= 4 is 11.6 Å². The minimum absolute atomic E-state index is 0.214. The minimum Gasteiger partial charge on any atom is -0.396 e. The monoisotopic (exact) mass is 277 g/mol. The van der Waals surface area contributed by atoms with Crippen LogP contribution in [0.5, 0.6) is 0 Å². The summed E-state index contributed by atoms with van der Waals surface area (Å²) in [5.41, 5.74) is 8.16. The summed E-state index contributed by atoms with van der Waals surface area (Å²) in [5, 5.41) is 12.1. The maximum absolute atomic E-state index is 9.03. The van der Waals surface area contributed by atoms with Crippen molar-refractivity contribution in [3.05, 3.63) is 29.8 Å². The molecule has 0 bridgehead atoms. The van der Waals surface area contributed by atoms with Gasteiger partial charge in [0, 0.05) is 18.8 Å². The van der Waals surface area contributed by atoms with Crippen LogP contribution >= 0.6 is 0 Å². The fourth-order valence-electron chi connectivity index (χ4n) is 2.20. The molecule has 1 aromatic rings. The van der Waals surface area contributed by atoms with Crippen LogP contribution < -0.4 is 11.1 Å². The molecule has 4 nitrogen and oxygen atoms in total. The maximum atomic E-state index is 9.03. The van der Waals surface area contributed by atoms with E-state index in [0.717, 1.165) is 31.4 Å². The van der Waals surface area contributed by atoms with Crippen LogP contribution in [-0.4, -0.2) is 24.2 Å². The smallest absolute Gasteiger partial charge is 0.193 e. The van der Waals surface area contributed by atoms with Crippen molar-refractivity contribution in [1.29, 1.82) is 0 Å². The molecule has 112 valence electrons. The molecule has 20 heavy (non-hydrogen) atoms. The molecule has 1 aromatic carbocycles. The summed E-state index contributed by atoms with van der Waals surface area (Å²) in [6.07, 6.45) is 3.96. The Hall–Kier alpha value is -1.55. The summed E-state index contributed by atoms with van der Waals surface area (Å²) in [7, 11) is 0. The number of guanidine groups is 1. The third-order valence-electron chi connectivity index (χ3n) is 3.36. The van der Waals surface area contributed by atoms with E-state index in [1.807, 2.05) is 12.1 Å². The van der Waals surface area contributed by atoms with Crippen LogP contribution in [0.4, 0.5) is 5.69 Å². The first-order valence-electron chi connectivity index (χ1n) is 7.46. The fourth-order valence-corrected chi connectivity index (χ4v) is 2.20. The summed E-state index contributed by atoms with van der Waals surface area (Å²) in [4.78, 5) is 4.38. The molecule has 0 spiro atoms. The van der Waals surface area contributed by atoms with Crippen molar-refractivity contribution in [2.24, 2.45) is 16.6 Å². The average molecular weight is 277 g/mol. The highest BCUT2D eigenvalue weighted by Crippen LogP contribution is 2.12. The summed E-state index contributed by atoms with van der Waals surface area (Å²) < 4.78 is 0. The SMILES string of the molecule is CCCC(CCO)CN=C(N)Nc1cccc(CC)c1. The lowest BCUT2D eigenvalue weighted by atomic mass is 10.0. The van der Waals surface area contributed by atoms with Crippen molar-refractivity contribution in [3.63, 3.8) is 0 Å². The van der Waals surface area contributed by atoms with Crippen molar-refractivity contribution in [2.45, 2.75) is 39.5 Å². The van der Waals surface area contributed by atoms with Crippen LogP contribution in [-0.2, 0) is 6.42 Å². The zero-order valence-electron chi connectivity index (χ0n) is 12.6. The molecule has 0 amide bonds. The number of rotatable bonds is 8. The van der Waals surface area contributed by atoms with E-state index >= 15 is 0 Å². The second-order valence-corrected chi connectivity index (χ2v) is 5.07. The molecule has 0 fully saturated rings. The highest BCUT2D eigenvalue weighted by molar-refractivity contribution is 5.92. The number of aryl methyl sites for hydroxylation is 1. The molecule has 1 unspecified atom stereocenters.